The van der Waals surface area contributed by atoms with E-state index in [9.17, 15) is 14.7 Å². The van der Waals surface area contributed by atoms with Crippen molar-refractivity contribution < 1.29 is 19.1 Å². The minimum Gasteiger partial charge on any atom is -0.507 e. The van der Waals surface area contributed by atoms with Crippen molar-refractivity contribution in [1.29, 1.82) is 0 Å². The van der Waals surface area contributed by atoms with E-state index in [1.54, 1.807) is 61.5 Å². The van der Waals surface area contributed by atoms with E-state index >= 15 is 0 Å². The maximum atomic E-state index is 13.1. The number of carbonyl (C=O) groups excluding carboxylic acids is 2. The van der Waals surface area contributed by atoms with Crippen LogP contribution in [-0.4, -0.2) is 21.8 Å². The Balaban J connectivity index is 1.72. The molecule has 1 N–H and O–H groups in total. The molecule has 3 heterocycles. The van der Waals surface area contributed by atoms with E-state index in [2.05, 4.69) is 4.98 Å². The summed E-state index contributed by atoms with van der Waals surface area (Å²) in [5.74, 6) is -0.994. The second-order valence-electron chi connectivity index (χ2n) is 7.23. The summed E-state index contributed by atoms with van der Waals surface area (Å²) >= 11 is 13.3. The van der Waals surface area contributed by atoms with Crippen molar-refractivity contribution in [2.45, 2.75) is 13.0 Å². The number of benzene rings is 2. The zero-order valence-corrected chi connectivity index (χ0v) is 18.8. The van der Waals surface area contributed by atoms with Crippen LogP contribution < -0.4 is 4.90 Å². The first kappa shape index (κ1) is 20.8. The van der Waals surface area contributed by atoms with Crippen molar-refractivity contribution in [3.63, 3.8) is 0 Å². The Bertz CT molecular complexity index is 1420. The zero-order chi connectivity index (χ0) is 22.6. The van der Waals surface area contributed by atoms with Crippen LogP contribution in [0.3, 0.4) is 0 Å². The number of aliphatic hydroxyl groups is 1. The standard InChI is InChI=1S/C23H14Cl2N2O4S/c1-11-2-9-16(31-11)19-18(20(28)12-3-5-13(24)6-4-12)21(29)22(30)27(19)23-26-15-8-7-14(25)10-17(15)32-23/h2-10,19,28H,1H3/b20-18+. The number of aryl methyl sites for hydroxylation is 1. The minimum absolute atomic E-state index is 0.0797. The van der Waals surface area contributed by atoms with Crippen LogP contribution in [0, 0.1) is 6.92 Å². The molecule has 0 aliphatic carbocycles. The first-order chi connectivity index (χ1) is 15.3. The number of carbonyl (C=O) groups is 2. The van der Waals surface area contributed by atoms with E-state index in [1.165, 1.54) is 16.2 Å². The number of aliphatic hydroxyl groups excluding tert-OH is 1. The van der Waals surface area contributed by atoms with Gasteiger partial charge in [0.25, 0.3) is 5.78 Å². The molecular formula is C23H14Cl2N2O4S. The zero-order valence-electron chi connectivity index (χ0n) is 16.5. The number of Topliss-reactive ketones (excluding diaryl/α,β-unsaturated/α-hetero) is 1. The number of rotatable bonds is 3. The van der Waals surface area contributed by atoms with Gasteiger partial charge in [0.1, 0.15) is 23.3 Å². The molecule has 1 fully saturated rings. The number of aromatic nitrogens is 1. The van der Waals surface area contributed by atoms with Crippen LogP contribution in [0.5, 0.6) is 0 Å². The van der Waals surface area contributed by atoms with E-state index in [0.717, 1.165) is 4.70 Å². The third-order valence-electron chi connectivity index (χ3n) is 5.14. The van der Waals surface area contributed by atoms with Crippen LogP contribution in [0.4, 0.5) is 5.13 Å². The average molecular weight is 485 g/mol. The number of nitrogens with zero attached hydrogens (tertiary/aromatic N) is 2. The molecule has 2 aromatic carbocycles. The van der Waals surface area contributed by atoms with Gasteiger partial charge >= 0.3 is 5.91 Å². The molecule has 0 bridgehead atoms. The summed E-state index contributed by atoms with van der Waals surface area (Å²) < 4.78 is 6.55. The molecule has 1 aliphatic heterocycles. The summed E-state index contributed by atoms with van der Waals surface area (Å²) in [4.78, 5) is 32.1. The van der Waals surface area contributed by atoms with Gasteiger partial charge in [0.2, 0.25) is 0 Å². The molecule has 0 radical (unpaired) electrons. The number of ketones is 1. The highest BCUT2D eigenvalue weighted by Gasteiger charge is 2.49. The number of furan rings is 1. The Labute approximate surface area is 196 Å². The minimum atomic E-state index is -0.976. The van der Waals surface area contributed by atoms with Gasteiger partial charge in [-0.25, -0.2) is 4.98 Å². The van der Waals surface area contributed by atoms with Crippen molar-refractivity contribution >= 4 is 67.3 Å². The van der Waals surface area contributed by atoms with Gasteiger partial charge in [-0.05, 0) is 61.5 Å². The molecule has 160 valence electrons. The highest BCUT2D eigenvalue weighted by molar-refractivity contribution is 7.22. The Morgan fingerprint density at radius 1 is 1.06 bits per heavy atom. The predicted octanol–water partition coefficient (Wildman–Crippen LogP) is 6.13. The summed E-state index contributed by atoms with van der Waals surface area (Å²) in [6.45, 7) is 1.76. The van der Waals surface area contributed by atoms with Crippen LogP contribution in [0.15, 0.2) is 64.6 Å². The second kappa shape index (κ2) is 7.78. The SMILES string of the molecule is Cc1ccc(C2/C(=C(\O)c3ccc(Cl)cc3)C(=O)C(=O)N2c2nc3ccc(Cl)cc3s2)o1. The lowest BCUT2D eigenvalue weighted by molar-refractivity contribution is -0.132. The molecule has 0 spiro atoms. The lowest BCUT2D eigenvalue weighted by atomic mass is 9.99. The van der Waals surface area contributed by atoms with Crippen LogP contribution in [0.1, 0.15) is 23.1 Å². The fourth-order valence-corrected chi connectivity index (χ4v) is 5.05. The number of fused-ring (bicyclic) bond motifs is 1. The molecule has 9 heteroatoms. The topological polar surface area (TPSA) is 83.6 Å². The number of amides is 1. The largest absolute Gasteiger partial charge is 0.507 e. The van der Waals surface area contributed by atoms with Crippen molar-refractivity contribution in [1.82, 2.24) is 4.98 Å². The first-order valence-corrected chi connectivity index (χ1v) is 11.1. The van der Waals surface area contributed by atoms with Crippen molar-refractivity contribution in [2.24, 2.45) is 0 Å². The van der Waals surface area contributed by atoms with Gasteiger partial charge in [0.15, 0.2) is 5.13 Å². The highest BCUT2D eigenvalue weighted by Crippen LogP contribution is 2.44. The molecule has 32 heavy (non-hydrogen) atoms. The molecule has 1 saturated heterocycles. The van der Waals surface area contributed by atoms with Gasteiger partial charge in [0.05, 0.1) is 15.8 Å². The third kappa shape index (κ3) is 3.39. The molecule has 1 aliphatic rings. The number of halogens is 2. The summed E-state index contributed by atoms with van der Waals surface area (Å²) in [5, 5.41) is 12.4. The molecule has 1 atom stereocenters. The fourth-order valence-electron chi connectivity index (χ4n) is 3.65. The molecule has 1 amide bonds. The molecule has 6 nitrogen and oxygen atoms in total. The quantitative estimate of drug-likeness (QED) is 0.214. The molecular weight excluding hydrogens is 471 g/mol. The van der Waals surface area contributed by atoms with Crippen molar-refractivity contribution in [3.05, 3.63) is 87.3 Å². The van der Waals surface area contributed by atoms with E-state index in [-0.39, 0.29) is 11.3 Å². The van der Waals surface area contributed by atoms with Crippen LogP contribution >= 0.6 is 34.5 Å². The Morgan fingerprint density at radius 2 is 1.78 bits per heavy atom. The van der Waals surface area contributed by atoms with Crippen molar-refractivity contribution in [2.75, 3.05) is 4.90 Å². The summed E-state index contributed by atoms with van der Waals surface area (Å²) in [7, 11) is 0. The number of anilines is 1. The molecule has 2 aromatic heterocycles. The Morgan fingerprint density at radius 3 is 2.47 bits per heavy atom. The van der Waals surface area contributed by atoms with E-state index in [0.29, 0.717) is 37.8 Å². The Hall–Kier alpha value is -3.13. The lowest BCUT2D eigenvalue weighted by Crippen LogP contribution is -2.29. The third-order valence-corrected chi connectivity index (χ3v) is 6.64. The van der Waals surface area contributed by atoms with E-state index < -0.39 is 17.7 Å². The molecule has 5 rings (SSSR count). The highest BCUT2D eigenvalue weighted by atomic mass is 35.5. The summed E-state index contributed by atoms with van der Waals surface area (Å²) in [6.07, 6.45) is 0. The normalized spacial score (nSPS) is 18.1. The maximum absolute atomic E-state index is 13.1. The summed E-state index contributed by atoms with van der Waals surface area (Å²) in [5.41, 5.74) is 0.920. The average Bonchev–Trinajstić information content (AvgIpc) is 3.44. The predicted molar refractivity (Wildman–Crippen MR) is 124 cm³/mol. The van der Waals surface area contributed by atoms with Gasteiger partial charge in [0, 0.05) is 15.6 Å². The van der Waals surface area contributed by atoms with Crippen molar-refractivity contribution in [3.8, 4) is 0 Å². The van der Waals surface area contributed by atoms with Crippen LogP contribution in [-0.2, 0) is 9.59 Å². The molecule has 4 aromatic rings. The monoisotopic (exact) mass is 484 g/mol. The van der Waals surface area contributed by atoms with Gasteiger partial charge in [-0.3, -0.25) is 14.5 Å². The fraction of sp³-hybridized carbons (Fsp3) is 0.0870. The number of thiazole rings is 1. The van der Waals surface area contributed by atoms with Gasteiger partial charge < -0.3 is 9.52 Å². The van der Waals surface area contributed by atoms with Gasteiger partial charge in [-0.2, -0.15) is 0 Å². The summed E-state index contributed by atoms with van der Waals surface area (Å²) in [6, 6.07) is 14.0. The Kier molecular flexibility index (Phi) is 5.04. The van der Waals surface area contributed by atoms with Gasteiger partial charge in [-0.1, -0.05) is 34.5 Å². The van der Waals surface area contributed by atoms with Crippen LogP contribution in [0.25, 0.3) is 16.0 Å². The lowest BCUT2D eigenvalue weighted by Gasteiger charge is -2.20. The smallest absolute Gasteiger partial charge is 0.302 e. The van der Waals surface area contributed by atoms with E-state index in [4.69, 9.17) is 27.6 Å². The number of hydrogen-bond acceptors (Lipinski definition) is 6. The second-order valence-corrected chi connectivity index (χ2v) is 9.11. The number of hydrogen-bond donors (Lipinski definition) is 1. The van der Waals surface area contributed by atoms with Crippen LogP contribution in [0.2, 0.25) is 10.0 Å². The van der Waals surface area contributed by atoms with E-state index in [1.807, 2.05) is 0 Å². The maximum Gasteiger partial charge on any atom is 0.302 e. The molecule has 0 saturated carbocycles. The van der Waals surface area contributed by atoms with Gasteiger partial charge in [-0.15, -0.1) is 0 Å². The molecule has 1 unspecified atom stereocenters. The first-order valence-electron chi connectivity index (χ1n) is 9.53.